The number of aromatic nitrogens is 1. The highest BCUT2D eigenvalue weighted by molar-refractivity contribution is 6.31. The molecule has 1 N–H and O–H groups in total. The lowest BCUT2D eigenvalue weighted by Crippen LogP contribution is -2.54. The summed E-state index contributed by atoms with van der Waals surface area (Å²) in [6.07, 6.45) is 6.52. The zero-order chi connectivity index (χ0) is 23.6. The lowest BCUT2D eigenvalue weighted by atomic mass is 9.85. The molecule has 1 atom stereocenters. The highest BCUT2D eigenvalue weighted by Gasteiger charge is 2.44. The number of halogens is 2. The van der Waals surface area contributed by atoms with Gasteiger partial charge in [0.1, 0.15) is 5.82 Å². The van der Waals surface area contributed by atoms with E-state index in [4.69, 9.17) is 23.2 Å². The normalized spacial score (nSPS) is 20.5. The molecule has 3 heterocycles. The van der Waals surface area contributed by atoms with Crippen LogP contribution in [0.2, 0.25) is 10.0 Å². The number of aliphatic imine (C=N–C) groups is 1. The number of rotatable bonds is 5. The Morgan fingerprint density at radius 2 is 1.79 bits per heavy atom. The van der Waals surface area contributed by atoms with Gasteiger partial charge in [-0.05, 0) is 50.3 Å². The number of carbonyl (C=O) groups excluding carboxylic acids is 2. The molecule has 0 aliphatic carbocycles. The number of nitrogens with one attached hydrogen (secondary N) is 1. The summed E-state index contributed by atoms with van der Waals surface area (Å²) in [7, 11) is 0. The fraction of sp³-hybridized carbons (Fsp3) is 0.333. The van der Waals surface area contributed by atoms with E-state index < -0.39 is 11.4 Å². The summed E-state index contributed by atoms with van der Waals surface area (Å²) in [6.45, 7) is 7.10. The highest BCUT2D eigenvalue weighted by atomic mass is 35.5. The van der Waals surface area contributed by atoms with Gasteiger partial charge in [0.15, 0.2) is 5.54 Å². The van der Waals surface area contributed by atoms with Crippen molar-refractivity contribution in [2.75, 3.05) is 31.5 Å². The monoisotopic (exact) mass is 485 g/mol. The minimum Gasteiger partial charge on any atom is -0.337 e. The Labute approximate surface area is 203 Å². The summed E-state index contributed by atoms with van der Waals surface area (Å²) < 4.78 is 0. The number of allylic oxidation sites excluding steroid dienone is 1. The molecule has 1 unspecified atom stereocenters. The molecular formula is C24H25Cl2N5O2. The maximum Gasteiger partial charge on any atom is 0.259 e. The molecule has 4 rings (SSSR count). The fourth-order valence-corrected chi connectivity index (χ4v) is 4.42. The Morgan fingerprint density at radius 1 is 1.06 bits per heavy atom. The number of carbonyl (C=O) groups is 2. The van der Waals surface area contributed by atoms with Crippen LogP contribution in [0.25, 0.3) is 0 Å². The molecule has 2 amide bonds. The number of hydrogen-bond acceptors (Lipinski definition) is 5. The number of benzene rings is 1. The van der Waals surface area contributed by atoms with Crippen LogP contribution in [0.3, 0.4) is 0 Å². The van der Waals surface area contributed by atoms with Crippen LogP contribution in [0, 0.1) is 0 Å². The lowest BCUT2D eigenvalue weighted by Gasteiger charge is -2.40. The van der Waals surface area contributed by atoms with E-state index in [0.717, 1.165) is 13.1 Å². The predicted molar refractivity (Wildman–Crippen MR) is 131 cm³/mol. The molecule has 9 heteroatoms. The molecule has 1 aromatic heterocycles. The first kappa shape index (κ1) is 23.4. The Kier molecular flexibility index (Phi) is 6.83. The summed E-state index contributed by atoms with van der Waals surface area (Å²) in [4.78, 5) is 39.9. The number of hydrogen-bond donors (Lipinski definition) is 1. The average Bonchev–Trinajstić information content (AvgIpc) is 3.31. The molecule has 1 aromatic carbocycles. The second kappa shape index (κ2) is 9.63. The van der Waals surface area contributed by atoms with E-state index in [1.54, 1.807) is 48.7 Å². The number of anilines is 1. The summed E-state index contributed by atoms with van der Waals surface area (Å²) in [6, 6.07) is 8.58. The number of amides is 2. The summed E-state index contributed by atoms with van der Waals surface area (Å²) in [5.74, 6) is -0.252. The van der Waals surface area contributed by atoms with Crippen molar-refractivity contribution in [1.29, 1.82) is 0 Å². The van der Waals surface area contributed by atoms with E-state index in [0.29, 0.717) is 40.6 Å². The van der Waals surface area contributed by atoms with Crippen LogP contribution >= 0.6 is 23.2 Å². The van der Waals surface area contributed by atoms with E-state index >= 15 is 0 Å². The van der Waals surface area contributed by atoms with Crippen LogP contribution in [-0.4, -0.2) is 65.0 Å². The van der Waals surface area contributed by atoms with Crippen molar-refractivity contribution in [1.82, 2.24) is 14.8 Å². The van der Waals surface area contributed by atoms with E-state index in [2.05, 4.69) is 34.0 Å². The maximum atomic E-state index is 13.8. The molecule has 0 radical (unpaired) electrons. The Hall–Kier alpha value is -2.74. The minimum atomic E-state index is -1.31. The SMILES string of the molecule is CC(C)N1CCN(C(=O)C2(c3ccc(Cl)cc3C(=O)Nc3ccc(Cl)cn3)C=CC=N2)CC1. The predicted octanol–water partition coefficient (Wildman–Crippen LogP) is 4.03. The van der Waals surface area contributed by atoms with Crippen molar-refractivity contribution < 1.29 is 9.59 Å². The van der Waals surface area contributed by atoms with Crippen LogP contribution < -0.4 is 5.32 Å². The van der Waals surface area contributed by atoms with E-state index in [1.165, 1.54) is 6.20 Å². The first-order valence-corrected chi connectivity index (χ1v) is 11.5. The van der Waals surface area contributed by atoms with Gasteiger partial charge in [0.05, 0.1) is 5.02 Å². The maximum absolute atomic E-state index is 13.8. The molecule has 2 aliphatic heterocycles. The molecule has 1 saturated heterocycles. The van der Waals surface area contributed by atoms with Gasteiger partial charge in [0.25, 0.3) is 11.8 Å². The van der Waals surface area contributed by atoms with Crippen molar-refractivity contribution in [3.63, 3.8) is 0 Å². The number of pyridine rings is 1. The van der Waals surface area contributed by atoms with Crippen LogP contribution in [0.4, 0.5) is 5.82 Å². The molecule has 2 aliphatic rings. The van der Waals surface area contributed by atoms with Gasteiger partial charge in [-0.3, -0.25) is 19.5 Å². The number of piperazine rings is 1. The summed E-state index contributed by atoms with van der Waals surface area (Å²) in [5.41, 5.74) is -0.582. The van der Waals surface area contributed by atoms with Gasteiger partial charge in [-0.25, -0.2) is 4.98 Å². The van der Waals surface area contributed by atoms with Crippen molar-refractivity contribution >= 4 is 47.0 Å². The highest BCUT2D eigenvalue weighted by Crippen LogP contribution is 2.36. The topological polar surface area (TPSA) is 77.9 Å². The van der Waals surface area contributed by atoms with Gasteiger partial charge in [0.2, 0.25) is 0 Å². The van der Waals surface area contributed by atoms with E-state index in [9.17, 15) is 9.59 Å². The molecule has 172 valence electrons. The molecule has 0 bridgehead atoms. The third-order valence-corrected chi connectivity index (χ3v) is 6.42. The molecule has 0 saturated carbocycles. The van der Waals surface area contributed by atoms with Crippen molar-refractivity contribution in [2.24, 2.45) is 4.99 Å². The van der Waals surface area contributed by atoms with Gasteiger partial charge in [0, 0.05) is 60.8 Å². The minimum absolute atomic E-state index is 0.156. The van der Waals surface area contributed by atoms with Crippen LogP contribution in [0.1, 0.15) is 29.8 Å². The van der Waals surface area contributed by atoms with Gasteiger partial charge < -0.3 is 10.2 Å². The van der Waals surface area contributed by atoms with E-state index in [1.807, 2.05) is 4.90 Å². The Balaban J connectivity index is 1.66. The van der Waals surface area contributed by atoms with Gasteiger partial charge in [-0.15, -0.1) is 0 Å². The van der Waals surface area contributed by atoms with Crippen LogP contribution in [0.15, 0.2) is 53.7 Å². The summed E-state index contributed by atoms with van der Waals surface area (Å²) in [5, 5.41) is 3.60. The zero-order valence-electron chi connectivity index (χ0n) is 18.5. The van der Waals surface area contributed by atoms with Crippen molar-refractivity contribution in [3.8, 4) is 0 Å². The molecule has 0 spiro atoms. The fourth-order valence-electron chi connectivity index (χ4n) is 4.14. The third kappa shape index (κ3) is 4.81. The number of nitrogens with zero attached hydrogens (tertiary/aromatic N) is 4. The Morgan fingerprint density at radius 3 is 2.39 bits per heavy atom. The quantitative estimate of drug-likeness (QED) is 0.693. The molecule has 1 fully saturated rings. The Bertz CT molecular complexity index is 1090. The van der Waals surface area contributed by atoms with Crippen LogP contribution in [-0.2, 0) is 10.3 Å². The first-order chi connectivity index (χ1) is 15.8. The standard InChI is InChI=1S/C24H25Cl2N5O2/c1-16(2)30-10-12-31(13-11-30)23(33)24(8-3-9-28-24)20-6-4-17(25)14-19(20)22(32)29-21-7-5-18(26)15-27-21/h3-9,14-16H,10-13H2,1-2H3,(H,27,29,32). The van der Waals surface area contributed by atoms with Crippen molar-refractivity contribution in [3.05, 3.63) is 69.9 Å². The largest absolute Gasteiger partial charge is 0.337 e. The van der Waals surface area contributed by atoms with Crippen molar-refractivity contribution in [2.45, 2.75) is 25.4 Å². The smallest absolute Gasteiger partial charge is 0.259 e. The van der Waals surface area contributed by atoms with Crippen LogP contribution in [0.5, 0.6) is 0 Å². The van der Waals surface area contributed by atoms with Gasteiger partial charge in [-0.1, -0.05) is 29.3 Å². The van der Waals surface area contributed by atoms with Gasteiger partial charge >= 0.3 is 0 Å². The second-order valence-electron chi connectivity index (χ2n) is 8.33. The zero-order valence-corrected chi connectivity index (χ0v) is 20.0. The summed E-state index contributed by atoms with van der Waals surface area (Å²) >= 11 is 12.1. The third-order valence-electron chi connectivity index (χ3n) is 5.97. The first-order valence-electron chi connectivity index (χ1n) is 10.8. The second-order valence-corrected chi connectivity index (χ2v) is 9.20. The van der Waals surface area contributed by atoms with E-state index in [-0.39, 0.29) is 11.5 Å². The van der Waals surface area contributed by atoms with Gasteiger partial charge in [-0.2, -0.15) is 0 Å². The molecular weight excluding hydrogens is 461 g/mol. The lowest BCUT2D eigenvalue weighted by molar-refractivity contribution is -0.137. The molecule has 33 heavy (non-hydrogen) atoms. The molecule has 2 aromatic rings. The average molecular weight is 486 g/mol. The molecule has 7 nitrogen and oxygen atoms in total.